The Morgan fingerprint density at radius 3 is 2.20 bits per heavy atom. The summed E-state index contributed by atoms with van der Waals surface area (Å²) in [6.45, 7) is 3.75. The van der Waals surface area contributed by atoms with Gasteiger partial charge in [0.15, 0.2) is 29.2 Å². The molecule has 12 nitrogen and oxygen atoms in total. The Morgan fingerprint density at radius 2 is 1.60 bits per heavy atom. The molecule has 0 amide bonds. The van der Waals surface area contributed by atoms with Gasteiger partial charge in [-0.2, -0.15) is 9.97 Å². The van der Waals surface area contributed by atoms with Crippen molar-refractivity contribution in [3.63, 3.8) is 0 Å². The number of methoxy groups -OCH3 is 1. The lowest BCUT2D eigenvalue weighted by atomic mass is 9.77. The van der Waals surface area contributed by atoms with Gasteiger partial charge >= 0.3 is 7.82 Å². The SMILES string of the molecule is CCOc1nc(NC(c2ccccc2)(c2ccccc2)c2ccc(OC)cc2)nc2c1ncn2[C@@H]1O[C@]2(F)CO[P@](=O)(OCC)O[C@H]2[C@@]1(C)F. The summed E-state index contributed by atoms with van der Waals surface area (Å²) in [6.07, 6.45) is -2.36. The van der Waals surface area contributed by atoms with Crippen LogP contribution in [0.1, 0.15) is 43.7 Å². The number of phosphoric acid groups is 1. The molecule has 0 aliphatic carbocycles. The van der Waals surface area contributed by atoms with Gasteiger partial charge in [-0.3, -0.25) is 18.1 Å². The van der Waals surface area contributed by atoms with E-state index in [9.17, 15) is 4.57 Å². The molecule has 0 bridgehead atoms. The van der Waals surface area contributed by atoms with Crippen LogP contribution in [0.15, 0.2) is 91.3 Å². The van der Waals surface area contributed by atoms with Gasteiger partial charge in [0.25, 0.3) is 5.85 Å². The van der Waals surface area contributed by atoms with Crippen LogP contribution in [0.25, 0.3) is 11.2 Å². The average Bonchev–Trinajstić information content (AvgIpc) is 3.63. The maximum Gasteiger partial charge on any atom is 0.475 e. The van der Waals surface area contributed by atoms with E-state index in [2.05, 4.69) is 10.3 Å². The minimum Gasteiger partial charge on any atom is -0.497 e. The third-order valence-corrected chi connectivity index (χ3v) is 10.3. The van der Waals surface area contributed by atoms with Gasteiger partial charge in [-0.25, -0.2) is 18.3 Å². The molecule has 5 aromatic rings. The Hall–Kier alpha value is -4.46. The van der Waals surface area contributed by atoms with Crippen molar-refractivity contribution in [1.82, 2.24) is 19.5 Å². The molecule has 2 saturated heterocycles. The lowest BCUT2D eigenvalue weighted by Gasteiger charge is -2.37. The predicted octanol–water partition coefficient (Wildman–Crippen LogP) is 7.12. The van der Waals surface area contributed by atoms with Crippen molar-refractivity contribution in [3.8, 4) is 11.6 Å². The van der Waals surface area contributed by atoms with Crippen LogP contribution in [0.5, 0.6) is 11.6 Å². The Bertz CT molecular complexity index is 1980. The first-order valence-corrected chi connectivity index (χ1v) is 17.6. The molecule has 2 aliphatic rings. The molecule has 5 atom stereocenters. The van der Waals surface area contributed by atoms with Gasteiger partial charge in [0.1, 0.15) is 17.9 Å². The fourth-order valence-electron chi connectivity index (χ4n) is 6.54. The number of nitrogens with one attached hydrogen (secondary N) is 1. The molecule has 7 rings (SSSR count). The Morgan fingerprint density at radius 1 is 0.960 bits per heavy atom. The van der Waals surface area contributed by atoms with E-state index in [1.807, 2.05) is 84.9 Å². The van der Waals surface area contributed by atoms with Crippen LogP contribution in [0.2, 0.25) is 0 Å². The van der Waals surface area contributed by atoms with E-state index < -0.39 is 43.8 Å². The number of fused-ring (bicyclic) bond motifs is 2. The van der Waals surface area contributed by atoms with Crippen LogP contribution in [0, 0.1) is 0 Å². The first kappa shape index (κ1) is 34.0. The summed E-state index contributed by atoms with van der Waals surface area (Å²) in [5.41, 5.74) is -0.835. The van der Waals surface area contributed by atoms with Gasteiger partial charge in [0.05, 0.1) is 26.7 Å². The number of ether oxygens (including phenoxy) is 3. The molecule has 2 fully saturated rings. The number of benzene rings is 3. The Balaban J connectivity index is 1.39. The molecule has 2 aromatic heterocycles. The fourth-order valence-corrected chi connectivity index (χ4v) is 8.01. The molecular formula is C35H36F2N5O7P. The smallest absolute Gasteiger partial charge is 0.475 e. The molecule has 50 heavy (non-hydrogen) atoms. The van der Waals surface area contributed by atoms with E-state index in [0.29, 0.717) is 5.75 Å². The van der Waals surface area contributed by atoms with Crippen molar-refractivity contribution in [2.45, 2.75) is 50.2 Å². The second-order valence-corrected chi connectivity index (χ2v) is 13.6. The number of phosphoric ester groups is 1. The van der Waals surface area contributed by atoms with Crippen LogP contribution in [0.4, 0.5) is 14.7 Å². The van der Waals surface area contributed by atoms with Crippen LogP contribution in [-0.2, 0) is 28.4 Å². The lowest BCUT2D eigenvalue weighted by Crippen LogP contribution is -2.50. The van der Waals surface area contributed by atoms with Crippen molar-refractivity contribution in [2.75, 3.05) is 32.2 Å². The summed E-state index contributed by atoms with van der Waals surface area (Å²) in [5.74, 6) is -1.92. The zero-order valence-corrected chi connectivity index (χ0v) is 28.7. The summed E-state index contributed by atoms with van der Waals surface area (Å²) in [4.78, 5) is 14.0. The minimum atomic E-state index is -4.25. The molecule has 0 saturated carbocycles. The molecule has 0 spiro atoms. The number of anilines is 1. The molecule has 0 unspecified atom stereocenters. The molecule has 3 aromatic carbocycles. The second-order valence-electron chi connectivity index (χ2n) is 12.0. The van der Waals surface area contributed by atoms with Gasteiger partial charge in [-0.05, 0) is 49.6 Å². The van der Waals surface area contributed by atoms with Gasteiger partial charge in [0, 0.05) is 0 Å². The van der Waals surface area contributed by atoms with Crippen LogP contribution < -0.4 is 14.8 Å². The topological polar surface area (TPSA) is 128 Å². The van der Waals surface area contributed by atoms with E-state index in [-0.39, 0.29) is 36.2 Å². The summed E-state index contributed by atoms with van der Waals surface area (Å²) < 4.78 is 79.8. The first-order valence-electron chi connectivity index (χ1n) is 16.1. The van der Waals surface area contributed by atoms with Crippen molar-refractivity contribution >= 4 is 24.9 Å². The van der Waals surface area contributed by atoms with Crippen molar-refractivity contribution in [3.05, 3.63) is 108 Å². The van der Waals surface area contributed by atoms with Crippen molar-refractivity contribution in [2.24, 2.45) is 0 Å². The number of aromatic nitrogens is 4. The van der Waals surface area contributed by atoms with Crippen molar-refractivity contribution in [1.29, 1.82) is 0 Å². The van der Waals surface area contributed by atoms with Gasteiger partial charge in [-0.15, -0.1) is 0 Å². The second kappa shape index (κ2) is 13.0. The monoisotopic (exact) mass is 707 g/mol. The maximum atomic E-state index is 16.8. The largest absolute Gasteiger partial charge is 0.497 e. The average molecular weight is 708 g/mol. The zero-order valence-electron chi connectivity index (χ0n) is 27.8. The summed E-state index contributed by atoms with van der Waals surface area (Å²) in [7, 11) is -2.65. The summed E-state index contributed by atoms with van der Waals surface area (Å²) in [6, 6.07) is 27.2. The number of imidazole rings is 1. The summed E-state index contributed by atoms with van der Waals surface area (Å²) in [5, 5.41) is 3.59. The highest BCUT2D eigenvalue weighted by molar-refractivity contribution is 7.48. The zero-order chi connectivity index (χ0) is 35.1. The molecule has 0 radical (unpaired) electrons. The Labute approximate surface area is 287 Å². The third kappa shape index (κ3) is 5.70. The number of hydrogen-bond donors (Lipinski definition) is 1. The number of rotatable bonds is 11. The molecule has 15 heteroatoms. The van der Waals surface area contributed by atoms with Crippen LogP contribution in [0.3, 0.4) is 0 Å². The van der Waals surface area contributed by atoms with Gasteiger partial charge in [0.2, 0.25) is 11.8 Å². The molecular weight excluding hydrogens is 671 g/mol. The number of alkyl halides is 2. The lowest BCUT2D eigenvalue weighted by molar-refractivity contribution is -0.219. The highest BCUT2D eigenvalue weighted by atomic mass is 31.2. The fraction of sp³-hybridized carbons (Fsp3) is 0.343. The normalized spacial score (nSPS) is 26.4. The Kier molecular flexibility index (Phi) is 8.85. The van der Waals surface area contributed by atoms with Crippen LogP contribution >= 0.6 is 7.82 Å². The van der Waals surface area contributed by atoms with E-state index in [4.69, 9.17) is 37.7 Å². The maximum absolute atomic E-state index is 16.8. The molecule has 1 N–H and O–H groups in total. The van der Waals surface area contributed by atoms with E-state index in [1.54, 1.807) is 21.0 Å². The van der Waals surface area contributed by atoms with E-state index in [0.717, 1.165) is 23.6 Å². The number of hydrogen-bond acceptors (Lipinski definition) is 11. The number of halogens is 2. The summed E-state index contributed by atoms with van der Waals surface area (Å²) >= 11 is 0. The molecule has 262 valence electrons. The number of nitrogens with zero attached hydrogens (tertiary/aromatic N) is 4. The standard InChI is InChI=1S/C35H36F2N5O7P/c1-5-45-29-27-28(42(22-38-27)31-33(3,36)30-34(37,48-31)21-47-50(43,49-30)46-6-2)39-32(40-29)41-35(23-13-9-7-10-14-23,24-15-11-8-12-16-24)25-17-19-26(44-4)20-18-25/h7-20,22,30-31H,5-6,21H2,1-4H3,(H,39,40,41)/t30-,31+,33+,34+,50-/m0/s1. The van der Waals surface area contributed by atoms with Crippen molar-refractivity contribution < 1.29 is 41.1 Å². The first-order chi connectivity index (χ1) is 24.1. The van der Waals surface area contributed by atoms with Gasteiger partial charge < -0.3 is 19.5 Å². The van der Waals surface area contributed by atoms with E-state index >= 15 is 8.78 Å². The molecule has 4 heterocycles. The molecule has 2 aliphatic heterocycles. The van der Waals surface area contributed by atoms with E-state index in [1.165, 1.54) is 10.9 Å². The van der Waals surface area contributed by atoms with Crippen LogP contribution in [-0.4, -0.2) is 64.1 Å². The predicted molar refractivity (Wildman–Crippen MR) is 179 cm³/mol. The highest BCUT2D eigenvalue weighted by Gasteiger charge is 2.70. The van der Waals surface area contributed by atoms with Gasteiger partial charge in [-0.1, -0.05) is 72.8 Å². The third-order valence-electron chi connectivity index (χ3n) is 8.79. The quantitative estimate of drug-likeness (QED) is 0.111. The highest BCUT2D eigenvalue weighted by Crippen LogP contribution is 2.63. The minimum absolute atomic E-state index is 0.0559.